The van der Waals surface area contributed by atoms with Crippen molar-refractivity contribution in [2.75, 3.05) is 19.7 Å². The third-order valence-electron chi connectivity index (χ3n) is 4.55. The van der Waals surface area contributed by atoms with E-state index in [-0.39, 0.29) is 5.91 Å². The molecule has 4 heteroatoms. The van der Waals surface area contributed by atoms with Crippen molar-refractivity contribution in [3.8, 4) is 5.75 Å². The topological polar surface area (TPSA) is 50.4 Å². The van der Waals surface area contributed by atoms with Crippen LogP contribution in [0, 0.1) is 5.92 Å². The third-order valence-corrected chi connectivity index (χ3v) is 4.55. The molecule has 2 N–H and O–H groups in total. The highest BCUT2D eigenvalue weighted by atomic mass is 16.5. The molecule has 1 aliphatic carbocycles. The Balaban J connectivity index is 1.91. The summed E-state index contributed by atoms with van der Waals surface area (Å²) < 4.78 is 5.64. The molecule has 21 heavy (non-hydrogen) atoms. The lowest BCUT2D eigenvalue weighted by Gasteiger charge is -2.25. The molecule has 1 aliphatic heterocycles. The minimum atomic E-state index is -0.0222. The summed E-state index contributed by atoms with van der Waals surface area (Å²) in [6.45, 7) is 4.20. The highest BCUT2D eigenvalue weighted by molar-refractivity contribution is 5.97. The van der Waals surface area contributed by atoms with E-state index in [0.717, 1.165) is 6.54 Å². The quantitative estimate of drug-likeness (QED) is 0.895. The molecule has 1 aromatic carbocycles. The molecule has 0 spiro atoms. The number of nitrogens with one attached hydrogen (secondary N) is 2. The SMILES string of the molecule is CCNC(c1ccc2c(c1)C(=O)NCCO2)C1CCCC1. The number of amides is 1. The van der Waals surface area contributed by atoms with Crippen LogP contribution in [0.1, 0.15) is 54.6 Å². The number of benzene rings is 1. The number of rotatable bonds is 4. The molecule has 1 saturated carbocycles. The first-order valence-electron chi connectivity index (χ1n) is 8.08. The minimum absolute atomic E-state index is 0.0222. The Kier molecular flexibility index (Phi) is 4.44. The Morgan fingerprint density at radius 2 is 2.19 bits per heavy atom. The van der Waals surface area contributed by atoms with E-state index < -0.39 is 0 Å². The van der Waals surface area contributed by atoms with Gasteiger partial charge in [0.1, 0.15) is 12.4 Å². The summed E-state index contributed by atoms with van der Waals surface area (Å²) in [5, 5.41) is 6.49. The Hall–Kier alpha value is -1.55. The lowest BCUT2D eigenvalue weighted by atomic mass is 9.90. The molecule has 4 nitrogen and oxygen atoms in total. The van der Waals surface area contributed by atoms with E-state index in [1.807, 2.05) is 12.1 Å². The summed E-state index contributed by atoms with van der Waals surface area (Å²) >= 11 is 0. The summed E-state index contributed by atoms with van der Waals surface area (Å²) in [4.78, 5) is 12.1. The Morgan fingerprint density at radius 1 is 1.38 bits per heavy atom. The van der Waals surface area contributed by atoms with Crippen molar-refractivity contribution in [2.45, 2.75) is 38.6 Å². The van der Waals surface area contributed by atoms with Gasteiger partial charge in [-0.25, -0.2) is 0 Å². The van der Waals surface area contributed by atoms with E-state index in [1.54, 1.807) is 0 Å². The van der Waals surface area contributed by atoms with Gasteiger partial charge in [0, 0.05) is 6.04 Å². The first kappa shape index (κ1) is 14.4. The zero-order valence-corrected chi connectivity index (χ0v) is 12.7. The Morgan fingerprint density at radius 3 is 2.95 bits per heavy atom. The monoisotopic (exact) mass is 288 g/mol. The van der Waals surface area contributed by atoms with E-state index in [1.165, 1.54) is 31.2 Å². The maximum absolute atomic E-state index is 12.1. The molecule has 0 aromatic heterocycles. The number of carbonyl (C=O) groups is 1. The fourth-order valence-corrected chi connectivity index (χ4v) is 3.53. The highest BCUT2D eigenvalue weighted by Gasteiger charge is 2.27. The Labute approximate surface area is 126 Å². The van der Waals surface area contributed by atoms with Crippen LogP contribution in [0.3, 0.4) is 0 Å². The van der Waals surface area contributed by atoms with Crippen LogP contribution >= 0.6 is 0 Å². The van der Waals surface area contributed by atoms with Gasteiger partial charge < -0.3 is 15.4 Å². The predicted octanol–water partition coefficient (Wildman–Crippen LogP) is 2.65. The molecule has 0 radical (unpaired) electrons. The fourth-order valence-electron chi connectivity index (χ4n) is 3.53. The largest absolute Gasteiger partial charge is 0.491 e. The Bertz CT molecular complexity index is 510. The van der Waals surface area contributed by atoms with Crippen molar-refractivity contribution in [2.24, 2.45) is 5.92 Å². The van der Waals surface area contributed by atoms with E-state index in [0.29, 0.717) is 36.4 Å². The average molecular weight is 288 g/mol. The second-order valence-corrected chi connectivity index (χ2v) is 5.94. The van der Waals surface area contributed by atoms with E-state index in [4.69, 9.17) is 4.74 Å². The molecule has 1 unspecified atom stereocenters. The number of ether oxygens (including phenoxy) is 1. The van der Waals surface area contributed by atoms with Crippen molar-refractivity contribution in [1.29, 1.82) is 0 Å². The molecule has 1 fully saturated rings. The first-order chi connectivity index (χ1) is 10.3. The van der Waals surface area contributed by atoms with Crippen LogP contribution in [0.5, 0.6) is 5.75 Å². The van der Waals surface area contributed by atoms with Gasteiger partial charge in [0.2, 0.25) is 0 Å². The van der Waals surface area contributed by atoms with Crippen LogP contribution in [0.25, 0.3) is 0 Å². The lowest BCUT2D eigenvalue weighted by molar-refractivity contribution is 0.0957. The maximum atomic E-state index is 12.1. The van der Waals surface area contributed by atoms with Crippen LogP contribution in [0.2, 0.25) is 0 Å². The summed E-state index contributed by atoms with van der Waals surface area (Å²) in [6.07, 6.45) is 5.19. The van der Waals surface area contributed by atoms with Gasteiger partial charge >= 0.3 is 0 Å². The molecule has 0 bridgehead atoms. The molecule has 0 saturated heterocycles. The maximum Gasteiger partial charge on any atom is 0.255 e. The van der Waals surface area contributed by atoms with E-state index >= 15 is 0 Å². The summed E-state index contributed by atoms with van der Waals surface area (Å²) in [5.41, 5.74) is 1.88. The van der Waals surface area contributed by atoms with Crippen molar-refractivity contribution in [3.05, 3.63) is 29.3 Å². The molecular formula is C17H24N2O2. The van der Waals surface area contributed by atoms with Crippen LogP contribution in [-0.2, 0) is 0 Å². The van der Waals surface area contributed by atoms with Crippen molar-refractivity contribution < 1.29 is 9.53 Å². The zero-order valence-electron chi connectivity index (χ0n) is 12.7. The summed E-state index contributed by atoms with van der Waals surface area (Å²) in [7, 11) is 0. The number of carbonyl (C=O) groups excluding carboxylic acids is 1. The molecule has 2 aliphatic rings. The second-order valence-electron chi connectivity index (χ2n) is 5.94. The average Bonchev–Trinajstić information content (AvgIpc) is 2.96. The number of hydrogen-bond acceptors (Lipinski definition) is 3. The fraction of sp³-hybridized carbons (Fsp3) is 0.588. The normalized spacial score (nSPS) is 20.3. The zero-order chi connectivity index (χ0) is 14.7. The van der Waals surface area contributed by atoms with Crippen molar-refractivity contribution in [1.82, 2.24) is 10.6 Å². The van der Waals surface area contributed by atoms with Crippen LogP contribution in [0.15, 0.2) is 18.2 Å². The lowest BCUT2D eigenvalue weighted by Crippen LogP contribution is -2.28. The molecule has 1 heterocycles. The molecule has 1 aromatic rings. The first-order valence-corrected chi connectivity index (χ1v) is 8.08. The standard InChI is InChI=1S/C17H24N2O2/c1-2-18-16(12-5-3-4-6-12)13-7-8-15-14(11-13)17(20)19-9-10-21-15/h7-8,11-12,16,18H,2-6,9-10H2,1H3,(H,19,20). The van der Waals surface area contributed by atoms with Gasteiger partial charge in [-0.3, -0.25) is 4.79 Å². The van der Waals surface area contributed by atoms with Gasteiger partial charge in [-0.15, -0.1) is 0 Å². The minimum Gasteiger partial charge on any atom is -0.491 e. The highest BCUT2D eigenvalue weighted by Crippen LogP contribution is 2.37. The number of hydrogen-bond donors (Lipinski definition) is 2. The van der Waals surface area contributed by atoms with Crippen LogP contribution in [0.4, 0.5) is 0 Å². The van der Waals surface area contributed by atoms with E-state index in [2.05, 4.69) is 23.6 Å². The van der Waals surface area contributed by atoms with Crippen molar-refractivity contribution in [3.63, 3.8) is 0 Å². The summed E-state index contributed by atoms with van der Waals surface area (Å²) in [5.74, 6) is 1.36. The van der Waals surface area contributed by atoms with Gasteiger partial charge in [-0.2, -0.15) is 0 Å². The number of fused-ring (bicyclic) bond motifs is 1. The molecule has 1 atom stereocenters. The van der Waals surface area contributed by atoms with Gasteiger partial charge in [-0.05, 0) is 43.0 Å². The van der Waals surface area contributed by atoms with Crippen LogP contribution < -0.4 is 15.4 Å². The smallest absolute Gasteiger partial charge is 0.255 e. The molecule has 114 valence electrons. The molecule has 1 amide bonds. The van der Waals surface area contributed by atoms with Crippen LogP contribution in [-0.4, -0.2) is 25.6 Å². The molecule has 3 rings (SSSR count). The molecular weight excluding hydrogens is 264 g/mol. The van der Waals surface area contributed by atoms with E-state index in [9.17, 15) is 4.79 Å². The van der Waals surface area contributed by atoms with Gasteiger partial charge in [0.15, 0.2) is 0 Å². The van der Waals surface area contributed by atoms with Crippen molar-refractivity contribution >= 4 is 5.91 Å². The summed E-state index contributed by atoms with van der Waals surface area (Å²) in [6, 6.07) is 6.43. The third kappa shape index (κ3) is 3.05. The second kappa shape index (κ2) is 6.48. The predicted molar refractivity (Wildman–Crippen MR) is 82.6 cm³/mol. The van der Waals surface area contributed by atoms with Gasteiger partial charge in [0.05, 0.1) is 12.1 Å². The van der Waals surface area contributed by atoms with Gasteiger partial charge in [-0.1, -0.05) is 25.8 Å². The van der Waals surface area contributed by atoms with Gasteiger partial charge in [0.25, 0.3) is 5.91 Å².